The summed E-state index contributed by atoms with van der Waals surface area (Å²) in [7, 11) is 0.800. The lowest BCUT2D eigenvalue weighted by Crippen LogP contribution is -1.85. The molecule has 0 saturated heterocycles. The van der Waals surface area contributed by atoms with Crippen molar-refractivity contribution in [3.63, 3.8) is 0 Å². The minimum Gasteiger partial charge on any atom is -0.198 e. The highest BCUT2D eigenvalue weighted by Gasteiger charge is 1.96. The SMILES string of the molecule is N#CCCC(=CCCPBr)CCC#N. The van der Waals surface area contributed by atoms with Crippen LogP contribution >= 0.6 is 22.8 Å². The second-order valence-electron chi connectivity index (χ2n) is 2.85. The minimum atomic E-state index is 0.563. The van der Waals surface area contributed by atoms with Crippen molar-refractivity contribution in [1.29, 1.82) is 10.5 Å². The second kappa shape index (κ2) is 10.7. The maximum Gasteiger partial charge on any atom is 0.0625 e. The second-order valence-corrected chi connectivity index (χ2v) is 5.30. The molecule has 0 amide bonds. The first-order valence-corrected chi connectivity index (χ1v) is 8.06. The highest BCUT2D eigenvalue weighted by Crippen LogP contribution is 2.21. The van der Waals surface area contributed by atoms with E-state index in [1.807, 2.05) is 0 Å². The first-order chi connectivity index (χ1) is 6.85. The fourth-order valence-corrected chi connectivity index (χ4v) is 2.03. The smallest absolute Gasteiger partial charge is 0.0625 e. The lowest BCUT2D eigenvalue weighted by atomic mass is 10.0. The quantitative estimate of drug-likeness (QED) is 0.401. The van der Waals surface area contributed by atoms with Crippen LogP contribution in [-0.2, 0) is 0 Å². The van der Waals surface area contributed by atoms with Crippen molar-refractivity contribution in [2.75, 3.05) is 6.16 Å². The molecule has 0 aromatic rings. The molecule has 4 heteroatoms. The van der Waals surface area contributed by atoms with Crippen LogP contribution in [0.2, 0.25) is 0 Å². The molecular formula is C10H14BrN2P. The van der Waals surface area contributed by atoms with Gasteiger partial charge in [0, 0.05) is 12.8 Å². The van der Waals surface area contributed by atoms with Gasteiger partial charge in [0.25, 0.3) is 0 Å². The van der Waals surface area contributed by atoms with Crippen molar-refractivity contribution >= 4 is 22.8 Å². The van der Waals surface area contributed by atoms with Crippen LogP contribution in [0.3, 0.4) is 0 Å². The van der Waals surface area contributed by atoms with Crippen molar-refractivity contribution in [2.24, 2.45) is 0 Å². The van der Waals surface area contributed by atoms with E-state index in [0.717, 1.165) is 32.7 Å². The summed E-state index contributed by atoms with van der Waals surface area (Å²) in [5, 5.41) is 16.9. The highest BCUT2D eigenvalue weighted by molar-refractivity contribution is 9.36. The number of halogens is 1. The van der Waals surface area contributed by atoms with Gasteiger partial charge in [-0.25, -0.2) is 0 Å². The van der Waals surface area contributed by atoms with Gasteiger partial charge >= 0.3 is 0 Å². The van der Waals surface area contributed by atoms with Crippen LogP contribution < -0.4 is 0 Å². The molecule has 1 unspecified atom stereocenters. The highest BCUT2D eigenvalue weighted by atomic mass is 79.9. The fourth-order valence-electron chi connectivity index (χ4n) is 1.09. The number of allylic oxidation sites excluding steroid dienone is 2. The molecule has 0 aliphatic heterocycles. The Balaban J connectivity index is 3.90. The molecule has 0 N–H and O–H groups in total. The normalized spacial score (nSPS) is 9.64. The summed E-state index contributed by atoms with van der Waals surface area (Å²) < 4.78 is 0. The van der Waals surface area contributed by atoms with E-state index in [-0.39, 0.29) is 0 Å². The Kier molecular flexibility index (Phi) is 10.4. The van der Waals surface area contributed by atoms with Crippen LogP contribution in [0.25, 0.3) is 0 Å². The molecule has 2 nitrogen and oxygen atoms in total. The van der Waals surface area contributed by atoms with E-state index >= 15 is 0 Å². The predicted octanol–water partition coefficient (Wildman–Crippen LogP) is 3.90. The summed E-state index contributed by atoms with van der Waals surface area (Å²) in [5.74, 6) is 0. The molecule has 0 bridgehead atoms. The Labute approximate surface area is 95.5 Å². The van der Waals surface area contributed by atoms with E-state index in [0.29, 0.717) is 12.8 Å². The summed E-state index contributed by atoms with van der Waals surface area (Å²) in [4.78, 5) is 0. The molecule has 1 atom stereocenters. The summed E-state index contributed by atoms with van der Waals surface area (Å²) in [6.45, 7) is 0. The Hall–Kier alpha value is -0.370. The predicted molar refractivity (Wildman–Crippen MR) is 64.5 cm³/mol. The van der Waals surface area contributed by atoms with Gasteiger partial charge in [-0.2, -0.15) is 10.5 Å². The molecule has 0 aromatic heterocycles. The van der Waals surface area contributed by atoms with Crippen LogP contribution in [-0.4, -0.2) is 6.16 Å². The lowest BCUT2D eigenvalue weighted by Gasteiger charge is -2.01. The Bertz CT molecular complexity index is 230. The van der Waals surface area contributed by atoms with Gasteiger partial charge in [0.05, 0.1) is 12.1 Å². The van der Waals surface area contributed by atoms with Gasteiger partial charge in [-0.3, -0.25) is 0 Å². The summed E-state index contributed by atoms with van der Waals surface area (Å²) >= 11 is 3.40. The number of hydrogen-bond donors (Lipinski definition) is 0. The van der Waals surface area contributed by atoms with E-state index in [2.05, 4.69) is 33.7 Å². The zero-order valence-electron chi connectivity index (χ0n) is 8.09. The largest absolute Gasteiger partial charge is 0.198 e. The molecular weight excluding hydrogens is 259 g/mol. The molecule has 0 rings (SSSR count). The third-order valence-corrected chi connectivity index (χ3v) is 3.45. The molecule has 14 heavy (non-hydrogen) atoms. The van der Waals surface area contributed by atoms with Gasteiger partial charge in [0.2, 0.25) is 0 Å². The van der Waals surface area contributed by atoms with E-state index in [9.17, 15) is 0 Å². The summed E-state index contributed by atoms with van der Waals surface area (Å²) in [6.07, 6.45) is 7.15. The molecule has 76 valence electrons. The Morgan fingerprint density at radius 1 is 1.21 bits per heavy atom. The zero-order chi connectivity index (χ0) is 10.6. The van der Waals surface area contributed by atoms with Gasteiger partial charge in [-0.1, -0.05) is 27.1 Å². The van der Waals surface area contributed by atoms with Crippen LogP contribution in [0.15, 0.2) is 11.6 Å². The fraction of sp³-hybridized carbons (Fsp3) is 0.600. The van der Waals surface area contributed by atoms with Crippen molar-refractivity contribution in [3.05, 3.63) is 11.6 Å². The maximum atomic E-state index is 8.46. The Morgan fingerprint density at radius 3 is 2.21 bits per heavy atom. The number of hydrogen-bond acceptors (Lipinski definition) is 2. The molecule has 0 aromatic carbocycles. The topological polar surface area (TPSA) is 47.6 Å². The summed E-state index contributed by atoms with van der Waals surface area (Å²) in [6, 6.07) is 4.27. The molecule has 0 spiro atoms. The first-order valence-electron chi connectivity index (χ1n) is 4.60. The zero-order valence-corrected chi connectivity index (χ0v) is 10.7. The number of nitrogens with zero attached hydrogens (tertiary/aromatic N) is 2. The van der Waals surface area contributed by atoms with E-state index in [1.54, 1.807) is 0 Å². The minimum absolute atomic E-state index is 0.563. The number of rotatable bonds is 7. The van der Waals surface area contributed by atoms with Crippen molar-refractivity contribution in [1.82, 2.24) is 0 Å². The maximum absolute atomic E-state index is 8.46. The van der Waals surface area contributed by atoms with Crippen molar-refractivity contribution in [2.45, 2.75) is 32.1 Å². The van der Waals surface area contributed by atoms with Gasteiger partial charge < -0.3 is 0 Å². The van der Waals surface area contributed by atoms with Gasteiger partial charge in [-0.05, 0) is 32.7 Å². The number of nitriles is 2. The average Bonchev–Trinajstić information content (AvgIpc) is 2.21. The third-order valence-electron chi connectivity index (χ3n) is 1.79. The van der Waals surface area contributed by atoms with E-state index in [4.69, 9.17) is 10.5 Å². The third kappa shape index (κ3) is 8.24. The van der Waals surface area contributed by atoms with Crippen molar-refractivity contribution < 1.29 is 0 Å². The molecule has 0 aliphatic carbocycles. The Morgan fingerprint density at radius 2 is 1.79 bits per heavy atom. The lowest BCUT2D eigenvalue weighted by molar-refractivity contribution is 0.863. The van der Waals surface area contributed by atoms with Gasteiger partial charge in [-0.15, -0.1) is 0 Å². The van der Waals surface area contributed by atoms with Crippen LogP contribution in [0.5, 0.6) is 0 Å². The summed E-state index contributed by atoms with van der Waals surface area (Å²) in [5.41, 5.74) is 1.26. The molecule has 0 heterocycles. The van der Waals surface area contributed by atoms with Gasteiger partial charge in [0.15, 0.2) is 0 Å². The van der Waals surface area contributed by atoms with Crippen LogP contribution in [0.1, 0.15) is 32.1 Å². The van der Waals surface area contributed by atoms with E-state index in [1.165, 1.54) is 5.57 Å². The molecule has 0 radical (unpaired) electrons. The molecule has 0 aliphatic rings. The van der Waals surface area contributed by atoms with E-state index < -0.39 is 0 Å². The van der Waals surface area contributed by atoms with Crippen LogP contribution in [0.4, 0.5) is 0 Å². The molecule has 0 fully saturated rings. The monoisotopic (exact) mass is 272 g/mol. The first kappa shape index (κ1) is 13.6. The average molecular weight is 273 g/mol. The standard InChI is InChI=1S/C10H14BrN2P/c11-14-9-3-6-10(4-1-7-12)5-2-8-13/h6,14H,1-5,9H2. The van der Waals surface area contributed by atoms with Crippen molar-refractivity contribution in [3.8, 4) is 12.1 Å². The van der Waals surface area contributed by atoms with Gasteiger partial charge in [0.1, 0.15) is 0 Å². The van der Waals surface area contributed by atoms with Crippen LogP contribution in [0, 0.1) is 22.7 Å². The molecule has 0 saturated carbocycles.